The maximum absolute atomic E-state index is 13.4. The van der Waals surface area contributed by atoms with Crippen LogP contribution in [0.4, 0.5) is 15.3 Å². The summed E-state index contributed by atoms with van der Waals surface area (Å²) in [6.07, 6.45) is 0.827. The van der Waals surface area contributed by atoms with Gasteiger partial charge in [-0.05, 0) is 72.1 Å². The van der Waals surface area contributed by atoms with Gasteiger partial charge < -0.3 is 41.0 Å². The van der Waals surface area contributed by atoms with Crippen LogP contribution in [0.25, 0.3) is 10.9 Å². The monoisotopic (exact) mass is 719 g/mol. The second-order valence-corrected chi connectivity index (χ2v) is 13.9. The van der Waals surface area contributed by atoms with Crippen LogP contribution in [-0.2, 0) is 35.1 Å². The lowest BCUT2D eigenvalue weighted by atomic mass is 10.0. The molecule has 0 unspecified atom stereocenters. The first-order valence-corrected chi connectivity index (χ1v) is 17.0. The number of hydrogen-bond donors (Lipinski definition) is 5. The highest BCUT2D eigenvalue weighted by Crippen LogP contribution is 2.17. The van der Waals surface area contributed by atoms with Crippen molar-refractivity contribution in [1.29, 1.82) is 0 Å². The van der Waals surface area contributed by atoms with Gasteiger partial charge in [-0.1, -0.05) is 48.5 Å². The molecule has 15 nitrogen and oxygen atoms in total. The third-order valence-electron chi connectivity index (χ3n) is 7.07. The Labute approximate surface area is 303 Å². The lowest BCUT2D eigenvalue weighted by molar-refractivity contribution is -0.146. The summed E-state index contributed by atoms with van der Waals surface area (Å²) < 4.78 is 10.4. The Morgan fingerprint density at radius 3 is 1.94 bits per heavy atom. The lowest BCUT2D eigenvalue weighted by Crippen LogP contribution is -2.51. The number of nitrogens with zero attached hydrogens (tertiary/aromatic N) is 2. The van der Waals surface area contributed by atoms with Gasteiger partial charge in [-0.25, -0.2) is 9.59 Å². The highest BCUT2D eigenvalue weighted by atomic mass is 16.6. The molecule has 0 fully saturated rings. The first kappa shape index (κ1) is 40.7. The molecule has 3 rings (SSSR count). The van der Waals surface area contributed by atoms with Gasteiger partial charge in [0.05, 0.1) is 23.9 Å². The van der Waals surface area contributed by atoms with E-state index in [4.69, 9.17) is 9.47 Å². The van der Waals surface area contributed by atoms with E-state index in [1.165, 1.54) is 6.20 Å². The molecule has 0 aliphatic rings. The van der Waals surface area contributed by atoms with Crippen molar-refractivity contribution in [3.8, 4) is 0 Å². The first-order chi connectivity index (χ1) is 24.5. The van der Waals surface area contributed by atoms with E-state index < -0.39 is 59.6 Å². The molecule has 0 spiro atoms. The standard InChI is InChI=1S/C37H49N7O8/c1-36(2,3)51-34(49)38-18-20-44(21-19-39-35(50)52-37(4,5)6)33(48)32(47)41-24-30(45)43-29(17-16-25-12-8-7-9-13-25)31(46)42-27-22-26-14-10-11-15-28(26)40-23-27/h7-15,22-23,29H,16-21,24H2,1-6H3,(H,38,49)(H,39,50)(H,41,47)(H,42,46)(H,43,45)/t29-/m0/s1. The minimum Gasteiger partial charge on any atom is -0.444 e. The molecule has 0 aliphatic heterocycles. The van der Waals surface area contributed by atoms with Crippen molar-refractivity contribution in [2.75, 3.05) is 38.0 Å². The number of fused-ring (bicyclic) bond motifs is 1. The number of benzene rings is 2. The minimum atomic E-state index is -1.10. The Kier molecular flexibility index (Phi) is 14.9. The minimum absolute atomic E-state index is 0.0637. The van der Waals surface area contributed by atoms with Crippen LogP contribution in [0.15, 0.2) is 66.9 Å². The van der Waals surface area contributed by atoms with E-state index in [2.05, 4.69) is 31.6 Å². The van der Waals surface area contributed by atoms with Crippen LogP contribution in [-0.4, -0.2) is 95.7 Å². The lowest BCUT2D eigenvalue weighted by Gasteiger charge is -2.24. The number of para-hydroxylation sites is 1. The zero-order chi connectivity index (χ0) is 38.3. The highest BCUT2D eigenvalue weighted by molar-refractivity contribution is 6.35. The normalized spacial score (nSPS) is 11.8. The molecule has 0 bridgehead atoms. The SMILES string of the molecule is CC(C)(C)OC(=O)NCCN(CCNC(=O)OC(C)(C)C)C(=O)C(=O)NCC(=O)N[C@@H](CCc1ccccc1)C(=O)Nc1cnc2ccccc2c1. The zero-order valence-corrected chi connectivity index (χ0v) is 30.5. The summed E-state index contributed by atoms with van der Waals surface area (Å²) in [5.74, 6) is -3.29. The Morgan fingerprint density at radius 2 is 1.35 bits per heavy atom. The zero-order valence-electron chi connectivity index (χ0n) is 30.5. The van der Waals surface area contributed by atoms with Crippen LogP contribution >= 0.6 is 0 Å². The molecule has 0 radical (unpaired) electrons. The molecule has 5 N–H and O–H groups in total. The molecule has 15 heteroatoms. The molecule has 0 saturated heterocycles. The van der Waals surface area contributed by atoms with Gasteiger partial charge in [-0.3, -0.25) is 24.2 Å². The molecular weight excluding hydrogens is 670 g/mol. The number of anilines is 1. The number of amides is 6. The van der Waals surface area contributed by atoms with Crippen molar-refractivity contribution in [2.24, 2.45) is 0 Å². The van der Waals surface area contributed by atoms with E-state index in [9.17, 15) is 28.8 Å². The number of rotatable bonds is 14. The van der Waals surface area contributed by atoms with Crippen LogP contribution in [0.1, 0.15) is 53.5 Å². The quantitative estimate of drug-likeness (QED) is 0.155. The van der Waals surface area contributed by atoms with E-state index in [-0.39, 0.29) is 32.6 Å². The number of aromatic nitrogens is 1. The van der Waals surface area contributed by atoms with E-state index in [0.29, 0.717) is 12.1 Å². The highest BCUT2D eigenvalue weighted by Gasteiger charge is 2.26. The van der Waals surface area contributed by atoms with Crippen molar-refractivity contribution < 1.29 is 38.2 Å². The molecule has 280 valence electrons. The number of ether oxygens (including phenoxy) is 2. The van der Waals surface area contributed by atoms with Crippen LogP contribution in [0.2, 0.25) is 0 Å². The van der Waals surface area contributed by atoms with Crippen LogP contribution in [0.3, 0.4) is 0 Å². The molecule has 1 aromatic heterocycles. The third kappa shape index (κ3) is 15.0. The Hall–Kier alpha value is -5.73. The summed E-state index contributed by atoms with van der Waals surface area (Å²) in [6.45, 7) is 9.25. The Bertz CT molecular complexity index is 1670. The summed E-state index contributed by atoms with van der Waals surface area (Å²) in [5.41, 5.74) is 0.683. The molecule has 1 heterocycles. The number of carbonyl (C=O) groups is 6. The number of hydrogen-bond acceptors (Lipinski definition) is 9. The topological polar surface area (TPSA) is 197 Å². The van der Waals surface area contributed by atoms with Gasteiger partial charge in [-0.15, -0.1) is 0 Å². The molecular formula is C37H49N7O8. The van der Waals surface area contributed by atoms with E-state index in [0.717, 1.165) is 21.4 Å². The first-order valence-electron chi connectivity index (χ1n) is 17.0. The Balaban J connectivity index is 1.62. The Morgan fingerprint density at radius 1 is 0.769 bits per heavy atom. The predicted molar refractivity (Wildman–Crippen MR) is 195 cm³/mol. The van der Waals surface area contributed by atoms with Crippen LogP contribution in [0.5, 0.6) is 0 Å². The van der Waals surface area contributed by atoms with Gasteiger partial charge in [0.15, 0.2) is 0 Å². The van der Waals surface area contributed by atoms with Crippen LogP contribution < -0.4 is 26.6 Å². The smallest absolute Gasteiger partial charge is 0.407 e. The number of nitrogens with one attached hydrogen (secondary N) is 5. The van der Waals surface area contributed by atoms with Gasteiger partial charge in [0, 0.05) is 31.6 Å². The van der Waals surface area contributed by atoms with Crippen molar-refractivity contribution in [3.63, 3.8) is 0 Å². The molecule has 0 aliphatic carbocycles. The summed E-state index contributed by atoms with van der Waals surface area (Å²) in [4.78, 5) is 82.3. The second-order valence-electron chi connectivity index (χ2n) is 13.9. The number of aryl methyl sites for hydroxylation is 1. The molecule has 6 amide bonds. The second kappa shape index (κ2) is 19.0. The summed E-state index contributed by atoms with van der Waals surface area (Å²) >= 11 is 0. The fraction of sp³-hybridized carbons (Fsp3) is 0.432. The molecule has 3 aromatic rings. The average Bonchev–Trinajstić information content (AvgIpc) is 3.06. The van der Waals surface area contributed by atoms with E-state index in [1.807, 2.05) is 54.6 Å². The van der Waals surface area contributed by atoms with Gasteiger partial charge in [0.2, 0.25) is 11.8 Å². The number of alkyl carbamates (subject to hydrolysis) is 2. The molecule has 52 heavy (non-hydrogen) atoms. The molecule has 0 saturated carbocycles. The molecule has 2 aromatic carbocycles. The summed E-state index contributed by atoms with van der Waals surface area (Å²) in [6, 6.07) is 17.7. The van der Waals surface area contributed by atoms with Gasteiger partial charge in [0.1, 0.15) is 17.2 Å². The average molecular weight is 720 g/mol. The van der Waals surface area contributed by atoms with Crippen molar-refractivity contribution in [3.05, 3.63) is 72.4 Å². The van der Waals surface area contributed by atoms with Crippen molar-refractivity contribution in [2.45, 2.75) is 71.6 Å². The van der Waals surface area contributed by atoms with Crippen molar-refractivity contribution >= 4 is 52.4 Å². The largest absolute Gasteiger partial charge is 0.444 e. The number of pyridine rings is 1. The predicted octanol–water partition coefficient (Wildman–Crippen LogP) is 3.29. The van der Waals surface area contributed by atoms with Gasteiger partial charge >= 0.3 is 24.0 Å². The molecule has 1 atom stereocenters. The number of carbonyl (C=O) groups excluding carboxylic acids is 6. The maximum Gasteiger partial charge on any atom is 0.407 e. The van der Waals surface area contributed by atoms with E-state index in [1.54, 1.807) is 47.6 Å². The van der Waals surface area contributed by atoms with Crippen LogP contribution in [0, 0.1) is 0 Å². The van der Waals surface area contributed by atoms with Gasteiger partial charge in [-0.2, -0.15) is 0 Å². The van der Waals surface area contributed by atoms with E-state index >= 15 is 0 Å². The maximum atomic E-state index is 13.4. The van der Waals surface area contributed by atoms with Gasteiger partial charge in [0.25, 0.3) is 0 Å². The summed E-state index contributed by atoms with van der Waals surface area (Å²) in [5, 5.41) is 13.6. The third-order valence-corrected chi connectivity index (χ3v) is 7.07. The fourth-order valence-electron chi connectivity index (χ4n) is 4.75. The summed E-state index contributed by atoms with van der Waals surface area (Å²) in [7, 11) is 0. The fourth-order valence-corrected chi connectivity index (χ4v) is 4.75. The van der Waals surface area contributed by atoms with Crippen molar-refractivity contribution in [1.82, 2.24) is 31.2 Å².